The summed E-state index contributed by atoms with van der Waals surface area (Å²) in [5.41, 5.74) is 4.05. The highest BCUT2D eigenvalue weighted by Gasteiger charge is 2.32. The third kappa shape index (κ3) is 4.39. The number of rotatable bonds is 6. The number of fused-ring (bicyclic) bond motifs is 3. The molecule has 0 fully saturated rings. The summed E-state index contributed by atoms with van der Waals surface area (Å²) in [6.07, 6.45) is -0.645. The Morgan fingerprint density at radius 1 is 1.16 bits per heavy atom. The third-order valence-corrected chi connectivity index (χ3v) is 6.28. The molecular formula is C24H17F3N6O4. The van der Waals surface area contributed by atoms with Gasteiger partial charge in [-0.1, -0.05) is 5.16 Å². The SMILES string of the molecule is O=C(O)CC1CCc2c1[nH]c1ccc(-c3noc(-c4cc(OC(F)(F)F)cc(-n5cnnc5)c4)n3)cc21. The van der Waals surface area contributed by atoms with Crippen molar-refractivity contribution in [1.29, 1.82) is 0 Å². The molecule has 37 heavy (non-hydrogen) atoms. The maximum absolute atomic E-state index is 12.9. The molecule has 0 aliphatic heterocycles. The van der Waals surface area contributed by atoms with E-state index < -0.39 is 18.1 Å². The van der Waals surface area contributed by atoms with Gasteiger partial charge in [0.2, 0.25) is 5.82 Å². The van der Waals surface area contributed by atoms with Crippen LogP contribution in [0, 0.1) is 0 Å². The Morgan fingerprint density at radius 3 is 2.73 bits per heavy atom. The largest absolute Gasteiger partial charge is 0.573 e. The van der Waals surface area contributed by atoms with Gasteiger partial charge >= 0.3 is 12.3 Å². The van der Waals surface area contributed by atoms with Gasteiger partial charge in [0, 0.05) is 39.7 Å². The number of aromatic amines is 1. The average Bonchev–Trinajstić information content (AvgIpc) is 3.62. The summed E-state index contributed by atoms with van der Waals surface area (Å²) in [5, 5.41) is 21.5. The lowest BCUT2D eigenvalue weighted by Gasteiger charge is -2.11. The van der Waals surface area contributed by atoms with Crippen LogP contribution in [-0.4, -0.2) is 47.3 Å². The second-order valence-electron chi connectivity index (χ2n) is 8.67. The monoisotopic (exact) mass is 510 g/mol. The highest BCUT2D eigenvalue weighted by molar-refractivity contribution is 5.89. The first-order valence-corrected chi connectivity index (χ1v) is 11.2. The zero-order valence-corrected chi connectivity index (χ0v) is 18.9. The topological polar surface area (TPSA) is 132 Å². The molecule has 3 heterocycles. The van der Waals surface area contributed by atoms with Crippen molar-refractivity contribution in [3.8, 4) is 34.3 Å². The van der Waals surface area contributed by atoms with Crippen LogP contribution in [0.15, 0.2) is 53.6 Å². The molecule has 1 aliphatic carbocycles. The standard InChI is InChI=1S/C24H17F3N6O4/c25-24(26,27)36-16-6-14(5-15(9-16)33-10-28-29-11-33)23-31-22(32-37-23)13-2-4-19-18(7-13)17-3-1-12(8-20(34)35)21(17)30-19/h2,4-7,9-12,30H,1,3,8H2,(H,34,35). The molecule has 2 aromatic carbocycles. The van der Waals surface area contributed by atoms with Crippen LogP contribution in [-0.2, 0) is 11.2 Å². The minimum absolute atomic E-state index is 0.00198. The fraction of sp³-hybridized carbons (Fsp3) is 0.208. The number of aryl methyl sites for hydroxylation is 1. The molecule has 6 rings (SSSR count). The number of nitrogens with one attached hydrogen (secondary N) is 1. The second kappa shape index (κ2) is 8.47. The molecule has 1 aliphatic rings. The molecule has 0 saturated carbocycles. The van der Waals surface area contributed by atoms with Crippen LogP contribution in [0.1, 0.15) is 30.0 Å². The van der Waals surface area contributed by atoms with Gasteiger partial charge in [-0.15, -0.1) is 23.4 Å². The Morgan fingerprint density at radius 2 is 1.97 bits per heavy atom. The first-order valence-electron chi connectivity index (χ1n) is 11.2. The molecule has 0 spiro atoms. The fourth-order valence-corrected chi connectivity index (χ4v) is 4.74. The van der Waals surface area contributed by atoms with Crippen molar-refractivity contribution in [2.45, 2.75) is 31.5 Å². The number of ether oxygens (including phenoxy) is 1. The van der Waals surface area contributed by atoms with E-state index in [2.05, 4.69) is 30.1 Å². The lowest BCUT2D eigenvalue weighted by molar-refractivity contribution is -0.274. The predicted octanol–water partition coefficient (Wildman–Crippen LogP) is 4.87. The van der Waals surface area contributed by atoms with Crippen LogP contribution in [0.25, 0.3) is 39.4 Å². The number of halogens is 3. The van der Waals surface area contributed by atoms with Crippen molar-refractivity contribution < 1.29 is 32.3 Å². The van der Waals surface area contributed by atoms with E-state index in [1.54, 1.807) is 12.1 Å². The minimum Gasteiger partial charge on any atom is -0.481 e. The van der Waals surface area contributed by atoms with Crippen LogP contribution in [0.4, 0.5) is 13.2 Å². The van der Waals surface area contributed by atoms with Gasteiger partial charge in [0.25, 0.3) is 5.89 Å². The Kier molecular flexibility index (Phi) is 5.21. The van der Waals surface area contributed by atoms with Crippen LogP contribution in [0.2, 0.25) is 0 Å². The Balaban J connectivity index is 1.36. The van der Waals surface area contributed by atoms with E-state index in [0.717, 1.165) is 41.1 Å². The van der Waals surface area contributed by atoms with Gasteiger partial charge in [0.15, 0.2) is 0 Å². The Bertz CT molecular complexity index is 1620. The zero-order chi connectivity index (χ0) is 25.7. The van der Waals surface area contributed by atoms with Crippen LogP contribution in [0.5, 0.6) is 5.75 Å². The number of nitrogens with zero attached hydrogens (tertiary/aromatic N) is 5. The van der Waals surface area contributed by atoms with E-state index in [4.69, 9.17) is 4.52 Å². The van der Waals surface area contributed by atoms with Gasteiger partial charge in [-0.2, -0.15) is 4.98 Å². The molecule has 0 radical (unpaired) electrons. The van der Waals surface area contributed by atoms with Crippen molar-refractivity contribution in [3.63, 3.8) is 0 Å². The molecule has 10 nitrogen and oxygen atoms in total. The number of carboxylic acid groups (broad SMARTS) is 1. The second-order valence-corrected chi connectivity index (χ2v) is 8.67. The van der Waals surface area contributed by atoms with E-state index in [1.165, 1.54) is 23.3 Å². The van der Waals surface area contributed by atoms with Crippen molar-refractivity contribution in [1.82, 2.24) is 29.9 Å². The number of alkyl halides is 3. The minimum atomic E-state index is -4.89. The molecule has 2 N–H and O–H groups in total. The van der Waals surface area contributed by atoms with Crippen molar-refractivity contribution >= 4 is 16.9 Å². The first-order chi connectivity index (χ1) is 17.7. The number of aliphatic carboxylic acids is 1. The number of carboxylic acids is 1. The maximum Gasteiger partial charge on any atom is 0.573 e. The van der Waals surface area contributed by atoms with Gasteiger partial charge in [0.05, 0.1) is 12.1 Å². The normalized spacial score (nSPS) is 15.3. The summed E-state index contributed by atoms with van der Waals surface area (Å²) in [7, 11) is 0. The summed E-state index contributed by atoms with van der Waals surface area (Å²) in [6, 6.07) is 9.45. The van der Waals surface area contributed by atoms with Gasteiger partial charge in [0.1, 0.15) is 18.4 Å². The van der Waals surface area contributed by atoms with Crippen molar-refractivity contribution in [3.05, 3.63) is 60.3 Å². The zero-order valence-electron chi connectivity index (χ0n) is 18.9. The fourth-order valence-electron chi connectivity index (χ4n) is 4.74. The average molecular weight is 510 g/mol. The van der Waals surface area contributed by atoms with E-state index in [1.807, 2.05) is 12.1 Å². The molecular weight excluding hydrogens is 493 g/mol. The summed E-state index contributed by atoms with van der Waals surface area (Å²) >= 11 is 0. The van der Waals surface area contributed by atoms with Crippen LogP contribution >= 0.6 is 0 Å². The summed E-state index contributed by atoms with van der Waals surface area (Å²) in [6.45, 7) is 0. The molecule has 0 saturated heterocycles. The number of carbonyl (C=O) groups is 1. The van der Waals surface area contributed by atoms with Crippen molar-refractivity contribution in [2.75, 3.05) is 0 Å². The number of benzene rings is 2. The lowest BCUT2D eigenvalue weighted by Crippen LogP contribution is -2.17. The van der Waals surface area contributed by atoms with Gasteiger partial charge in [-0.3, -0.25) is 9.36 Å². The summed E-state index contributed by atoms with van der Waals surface area (Å²) in [4.78, 5) is 19.0. The van der Waals surface area contributed by atoms with Gasteiger partial charge < -0.3 is 19.4 Å². The Labute approximate surface area is 205 Å². The van der Waals surface area contributed by atoms with Crippen LogP contribution in [0.3, 0.4) is 0 Å². The number of H-pyrrole nitrogens is 1. The molecule has 0 bridgehead atoms. The highest BCUT2D eigenvalue weighted by atomic mass is 19.4. The molecule has 1 atom stereocenters. The number of aromatic nitrogens is 6. The molecule has 3 aromatic heterocycles. The third-order valence-electron chi connectivity index (χ3n) is 6.28. The number of hydrogen-bond donors (Lipinski definition) is 2. The molecule has 5 aromatic rings. The number of hydrogen-bond acceptors (Lipinski definition) is 7. The molecule has 13 heteroatoms. The first kappa shape index (κ1) is 22.8. The molecule has 188 valence electrons. The van der Waals surface area contributed by atoms with E-state index in [-0.39, 0.29) is 29.6 Å². The van der Waals surface area contributed by atoms with Crippen molar-refractivity contribution in [2.24, 2.45) is 0 Å². The Hall–Kier alpha value is -4.68. The summed E-state index contributed by atoms with van der Waals surface area (Å²) in [5.74, 6) is -1.12. The quantitative estimate of drug-likeness (QED) is 0.331. The smallest absolute Gasteiger partial charge is 0.481 e. The lowest BCUT2D eigenvalue weighted by atomic mass is 10.0. The van der Waals surface area contributed by atoms with Gasteiger partial charge in [-0.25, -0.2) is 0 Å². The van der Waals surface area contributed by atoms with Gasteiger partial charge in [-0.05, 0) is 48.7 Å². The predicted molar refractivity (Wildman–Crippen MR) is 122 cm³/mol. The van der Waals surface area contributed by atoms with E-state index >= 15 is 0 Å². The molecule has 0 amide bonds. The maximum atomic E-state index is 12.9. The summed E-state index contributed by atoms with van der Waals surface area (Å²) < 4.78 is 49.7. The van der Waals surface area contributed by atoms with Crippen LogP contribution < -0.4 is 4.74 Å². The van der Waals surface area contributed by atoms with E-state index in [0.29, 0.717) is 11.3 Å². The van der Waals surface area contributed by atoms with E-state index in [9.17, 15) is 23.1 Å². The molecule has 1 unspecified atom stereocenters. The highest BCUT2D eigenvalue weighted by Crippen LogP contribution is 2.40.